The van der Waals surface area contributed by atoms with Crippen LogP contribution < -0.4 is 11.5 Å². The van der Waals surface area contributed by atoms with E-state index in [9.17, 15) is 0 Å². The number of nitrogens with two attached hydrogens (primary N) is 2. The van der Waals surface area contributed by atoms with Crippen LogP contribution in [0.15, 0.2) is 72.8 Å². The fraction of sp³-hybridized carbons (Fsp3) is 0.357. The van der Waals surface area contributed by atoms with E-state index >= 15 is 0 Å². The summed E-state index contributed by atoms with van der Waals surface area (Å²) in [5, 5.41) is 0. The van der Waals surface area contributed by atoms with E-state index in [4.69, 9.17) is 11.5 Å². The van der Waals surface area contributed by atoms with Crippen molar-refractivity contribution in [3.05, 3.63) is 95.1 Å². The SMILES string of the molecule is CCCc1ccc(CC2CCC(c3ccc(N)cc3)(c3ccc(N)cc3)CC2)cc1. The number of nitrogen functional groups attached to an aromatic ring is 2. The zero-order valence-corrected chi connectivity index (χ0v) is 18.1. The lowest BCUT2D eigenvalue weighted by Crippen LogP contribution is -2.33. The van der Waals surface area contributed by atoms with Gasteiger partial charge in [0.1, 0.15) is 0 Å². The molecule has 1 aliphatic rings. The van der Waals surface area contributed by atoms with Gasteiger partial charge in [-0.3, -0.25) is 0 Å². The van der Waals surface area contributed by atoms with Crippen LogP contribution in [0.25, 0.3) is 0 Å². The second kappa shape index (κ2) is 8.95. The minimum Gasteiger partial charge on any atom is -0.399 e. The van der Waals surface area contributed by atoms with E-state index in [-0.39, 0.29) is 5.41 Å². The van der Waals surface area contributed by atoms with Crippen molar-refractivity contribution in [3.8, 4) is 0 Å². The molecule has 0 aliphatic heterocycles. The van der Waals surface area contributed by atoms with Gasteiger partial charge in [0.15, 0.2) is 0 Å². The first-order valence-electron chi connectivity index (χ1n) is 11.4. The van der Waals surface area contributed by atoms with Crippen molar-refractivity contribution in [3.63, 3.8) is 0 Å². The Labute approximate surface area is 181 Å². The van der Waals surface area contributed by atoms with E-state index in [0.717, 1.165) is 17.3 Å². The summed E-state index contributed by atoms with van der Waals surface area (Å²) in [6, 6.07) is 26.4. The maximum absolute atomic E-state index is 5.98. The molecule has 1 fully saturated rings. The Bertz CT molecular complexity index is 884. The summed E-state index contributed by atoms with van der Waals surface area (Å²) in [6.45, 7) is 2.24. The predicted octanol–water partition coefficient (Wildman–Crippen LogP) is 6.52. The Hall–Kier alpha value is -2.74. The quantitative estimate of drug-likeness (QED) is 0.464. The summed E-state index contributed by atoms with van der Waals surface area (Å²) in [6.07, 6.45) is 8.39. The molecule has 0 heterocycles. The molecule has 30 heavy (non-hydrogen) atoms. The molecule has 0 atom stereocenters. The molecule has 2 nitrogen and oxygen atoms in total. The minimum atomic E-state index is 0.0584. The Morgan fingerprint density at radius 2 is 1.17 bits per heavy atom. The van der Waals surface area contributed by atoms with Gasteiger partial charge in [-0.15, -0.1) is 0 Å². The monoisotopic (exact) mass is 398 g/mol. The van der Waals surface area contributed by atoms with Gasteiger partial charge < -0.3 is 11.5 Å². The number of aryl methyl sites for hydroxylation is 1. The molecular formula is C28H34N2. The van der Waals surface area contributed by atoms with Gasteiger partial charge in [0.25, 0.3) is 0 Å². The third-order valence-electron chi connectivity index (χ3n) is 6.97. The minimum absolute atomic E-state index is 0.0584. The lowest BCUT2D eigenvalue weighted by Gasteiger charge is -2.41. The van der Waals surface area contributed by atoms with E-state index in [0.29, 0.717) is 0 Å². The van der Waals surface area contributed by atoms with Crippen LogP contribution >= 0.6 is 0 Å². The van der Waals surface area contributed by atoms with Gasteiger partial charge in [-0.2, -0.15) is 0 Å². The van der Waals surface area contributed by atoms with E-state index in [2.05, 4.69) is 55.5 Å². The topological polar surface area (TPSA) is 52.0 Å². The highest BCUT2D eigenvalue weighted by Crippen LogP contribution is 2.47. The van der Waals surface area contributed by atoms with Crippen molar-refractivity contribution in [2.45, 2.75) is 57.3 Å². The number of anilines is 2. The van der Waals surface area contributed by atoms with E-state index < -0.39 is 0 Å². The normalized spacial score (nSPS) is 16.4. The summed E-state index contributed by atoms with van der Waals surface area (Å²) >= 11 is 0. The lowest BCUT2D eigenvalue weighted by atomic mass is 9.62. The van der Waals surface area contributed by atoms with Crippen molar-refractivity contribution in [2.24, 2.45) is 5.92 Å². The second-order valence-electron chi connectivity index (χ2n) is 9.04. The van der Waals surface area contributed by atoms with Crippen molar-refractivity contribution in [1.82, 2.24) is 0 Å². The van der Waals surface area contributed by atoms with Crippen LogP contribution in [0.2, 0.25) is 0 Å². The smallest absolute Gasteiger partial charge is 0.0314 e. The maximum atomic E-state index is 5.98. The molecule has 3 aromatic rings. The summed E-state index contributed by atoms with van der Waals surface area (Å²) in [5.41, 5.74) is 19.4. The molecule has 3 aromatic carbocycles. The van der Waals surface area contributed by atoms with Crippen LogP contribution in [0.1, 0.15) is 61.3 Å². The first kappa shape index (κ1) is 20.5. The Morgan fingerprint density at radius 3 is 1.63 bits per heavy atom. The van der Waals surface area contributed by atoms with Gasteiger partial charge >= 0.3 is 0 Å². The Kier molecular flexibility index (Phi) is 6.13. The zero-order valence-electron chi connectivity index (χ0n) is 18.1. The summed E-state index contributed by atoms with van der Waals surface area (Å²) in [4.78, 5) is 0. The first-order chi connectivity index (χ1) is 14.6. The fourth-order valence-electron chi connectivity index (χ4n) is 5.19. The predicted molar refractivity (Wildman–Crippen MR) is 129 cm³/mol. The molecule has 0 unspecified atom stereocenters. The van der Waals surface area contributed by atoms with Gasteiger partial charge in [-0.25, -0.2) is 0 Å². The third kappa shape index (κ3) is 4.38. The fourth-order valence-corrected chi connectivity index (χ4v) is 5.19. The van der Waals surface area contributed by atoms with E-state index in [1.807, 2.05) is 24.3 Å². The number of benzene rings is 3. The molecule has 4 N–H and O–H groups in total. The molecule has 0 saturated heterocycles. The summed E-state index contributed by atoms with van der Waals surface area (Å²) in [5.74, 6) is 0.748. The lowest BCUT2D eigenvalue weighted by molar-refractivity contribution is 0.264. The highest BCUT2D eigenvalue weighted by atomic mass is 14.5. The molecule has 0 spiro atoms. The molecule has 0 bridgehead atoms. The van der Waals surface area contributed by atoms with Crippen LogP contribution in [0.3, 0.4) is 0 Å². The molecule has 0 radical (unpaired) electrons. The van der Waals surface area contributed by atoms with Crippen LogP contribution in [0, 0.1) is 5.92 Å². The summed E-state index contributed by atoms with van der Waals surface area (Å²) < 4.78 is 0. The highest BCUT2D eigenvalue weighted by Gasteiger charge is 2.38. The van der Waals surface area contributed by atoms with Crippen molar-refractivity contribution in [2.75, 3.05) is 11.5 Å². The average Bonchev–Trinajstić information content (AvgIpc) is 2.77. The third-order valence-corrected chi connectivity index (χ3v) is 6.97. The molecule has 1 aliphatic carbocycles. The molecule has 1 saturated carbocycles. The van der Waals surface area contributed by atoms with Crippen LogP contribution in [0.5, 0.6) is 0 Å². The molecule has 0 aromatic heterocycles. The zero-order chi connectivity index (χ0) is 21.0. The number of rotatable bonds is 6. The van der Waals surface area contributed by atoms with Crippen molar-refractivity contribution < 1.29 is 0 Å². The van der Waals surface area contributed by atoms with Gasteiger partial charge in [-0.1, -0.05) is 61.9 Å². The molecule has 4 rings (SSSR count). The Balaban J connectivity index is 1.52. The van der Waals surface area contributed by atoms with E-state index in [1.54, 1.807) is 0 Å². The first-order valence-corrected chi connectivity index (χ1v) is 11.4. The molecule has 0 amide bonds. The Morgan fingerprint density at radius 1 is 0.700 bits per heavy atom. The average molecular weight is 399 g/mol. The van der Waals surface area contributed by atoms with Gasteiger partial charge in [0, 0.05) is 16.8 Å². The maximum Gasteiger partial charge on any atom is 0.0314 e. The molecule has 2 heteroatoms. The van der Waals surface area contributed by atoms with Crippen LogP contribution in [0.4, 0.5) is 11.4 Å². The second-order valence-corrected chi connectivity index (χ2v) is 9.04. The molecule has 156 valence electrons. The number of hydrogen-bond donors (Lipinski definition) is 2. The van der Waals surface area contributed by atoms with Crippen LogP contribution in [-0.2, 0) is 18.3 Å². The standard InChI is InChI=1S/C28H34N2/c1-2-3-21-4-6-22(7-5-21)20-23-16-18-28(19-17-23,24-8-12-26(29)13-9-24)25-10-14-27(30)15-11-25/h4-15,23H,2-3,16-20,29-30H2,1H3. The van der Waals surface area contributed by atoms with Gasteiger partial charge in [0.05, 0.1) is 0 Å². The van der Waals surface area contributed by atoms with Crippen molar-refractivity contribution in [1.29, 1.82) is 0 Å². The molecular weight excluding hydrogens is 364 g/mol. The summed E-state index contributed by atoms with van der Waals surface area (Å²) in [7, 11) is 0. The number of hydrogen-bond acceptors (Lipinski definition) is 2. The largest absolute Gasteiger partial charge is 0.399 e. The van der Waals surface area contributed by atoms with Crippen molar-refractivity contribution >= 4 is 11.4 Å². The van der Waals surface area contributed by atoms with E-state index in [1.165, 1.54) is 67.2 Å². The van der Waals surface area contributed by atoms with Crippen LogP contribution in [-0.4, -0.2) is 0 Å². The van der Waals surface area contributed by atoms with Gasteiger partial charge in [0.2, 0.25) is 0 Å². The highest BCUT2D eigenvalue weighted by molar-refractivity contribution is 5.49. The van der Waals surface area contributed by atoms with Gasteiger partial charge in [-0.05, 0) is 91.0 Å².